The molecule has 20 heavy (non-hydrogen) atoms. The summed E-state index contributed by atoms with van der Waals surface area (Å²) in [6.07, 6.45) is 1.53. The first-order valence-electron chi connectivity index (χ1n) is 6.29. The zero-order valence-corrected chi connectivity index (χ0v) is 12.2. The molecular weight excluding hydrogens is 276 g/mol. The van der Waals surface area contributed by atoms with Crippen molar-refractivity contribution in [2.75, 3.05) is 13.1 Å². The molecule has 1 heterocycles. The van der Waals surface area contributed by atoms with Crippen molar-refractivity contribution < 1.29 is 9.21 Å². The fraction of sp³-hybridized carbons (Fsp3) is 0.267. The van der Waals surface area contributed by atoms with E-state index >= 15 is 0 Å². The Labute approximate surface area is 125 Å². The first kappa shape index (κ1) is 16.3. The molecule has 0 saturated heterocycles. The van der Waals surface area contributed by atoms with E-state index in [1.165, 1.54) is 6.26 Å². The van der Waals surface area contributed by atoms with Gasteiger partial charge in [0, 0.05) is 25.2 Å². The van der Waals surface area contributed by atoms with Gasteiger partial charge in [-0.05, 0) is 18.6 Å². The molecule has 0 aliphatic carbocycles. The van der Waals surface area contributed by atoms with Crippen molar-refractivity contribution in [3.63, 3.8) is 0 Å². The molecule has 4 nitrogen and oxygen atoms in total. The van der Waals surface area contributed by atoms with Crippen molar-refractivity contribution in [2.45, 2.75) is 13.5 Å². The lowest BCUT2D eigenvalue weighted by atomic mass is 10.2. The minimum Gasteiger partial charge on any atom is -0.459 e. The summed E-state index contributed by atoms with van der Waals surface area (Å²) in [6.45, 7) is 3.34. The topological polar surface area (TPSA) is 59.5 Å². The predicted molar refractivity (Wildman–Crippen MR) is 80.9 cm³/mol. The van der Waals surface area contributed by atoms with Gasteiger partial charge >= 0.3 is 0 Å². The van der Waals surface area contributed by atoms with Crippen LogP contribution in [0, 0.1) is 6.92 Å². The van der Waals surface area contributed by atoms with Gasteiger partial charge in [-0.25, -0.2) is 0 Å². The maximum absolute atomic E-state index is 12.4. The molecule has 108 valence electrons. The molecular formula is C15H19ClN2O2. The second-order valence-corrected chi connectivity index (χ2v) is 4.43. The van der Waals surface area contributed by atoms with Crippen LogP contribution in [0.5, 0.6) is 0 Å². The van der Waals surface area contributed by atoms with E-state index in [0.29, 0.717) is 25.4 Å². The van der Waals surface area contributed by atoms with Crippen LogP contribution in [0.4, 0.5) is 0 Å². The summed E-state index contributed by atoms with van der Waals surface area (Å²) < 4.78 is 5.26. The highest BCUT2D eigenvalue weighted by molar-refractivity contribution is 5.92. The molecule has 0 spiro atoms. The molecule has 0 atom stereocenters. The van der Waals surface area contributed by atoms with Crippen molar-refractivity contribution >= 4 is 18.3 Å². The SMILES string of the molecule is Cc1ccoc1C(=O)N(CCN)Cc1ccccc1.Cl. The van der Waals surface area contributed by atoms with Gasteiger partial charge in [0.25, 0.3) is 5.91 Å². The number of nitrogens with two attached hydrogens (primary N) is 1. The Hall–Kier alpha value is -1.78. The molecule has 0 aliphatic heterocycles. The number of halogens is 1. The minimum absolute atomic E-state index is 0. The van der Waals surface area contributed by atoms with Crippen molar-refractivity contribution in [1.29, 1.82) is 0 Å². The number of hydrogen-bond donors (Lipinski definition) is 1. The smallest absolute Gasteiger partial charge is 0.290 e. The highest BCUT2D eigenvalue weighted by Gasteiger charge is 2.20. The van der Waals surface area contributed by atoms with Crippen LogP contribution >= 0.6 is 12.4 Å². The van der Waals surface area contributed by atoms with Crippen LogP contribution in [-0.2, 0) is 6.54 Å². The number of furan rings is 1. The number of nitrogens with zero attached hydrogens (tertiary/aromatic N) is 1. The first-order chi connectivity index (χ1) is 9.22. The number of carbonyl (C=O) groups excluding carboxylic acids is 1. The average Bonchev–Trinajstić information content (AvgIpc) is 2.85. The Kier molecular flexibility index (Phi) is 6.28. The third-order valence-electron chi connectivity index (χ3n) is 2.96. The van der Waals surface area contributed by atoms with Gasteiger partial charge in [-0.3, -0.25) is 4.79 Å². The molecule has 2 aromatic rings. The normalized spacial score (nSPS) is 9.90. The van der Waals surface area contributed by atoms with Crippen LogP contribution in [0.2, 0.25) is 0 Å². The Bertz CT molecular complexity index is 540. The van der Waals surface area contributed by atoms with Crippen LogP contribution in [0.25, 0.3) is 0 Å². The average molecular weight is 295 g/mol. The van der Waals surface area contributed by atoms with E-state index in [-0.39, 0.29) is 18.3 Å². The molecule has 0 aliphatic rings. The van der Waals surface area contributed by atoms with Crippen LogP contribution < -0.4 is 5.73 Å². The molecule has 0 bridgehead atoms. The Balaban J connectivity index is 0.00000200. The van der Waals surface area contributed by atoms with Crippen LogP contribution in [-0.4, -0.2) is 23.9 Å². The fourth-order valence-corrected chi connectivity index (χ4v) is 1.95. The lowest BCUT2D eigenvalue weighted by molar-refractivity contribution is 0.0715. The van der Waals surface area contributed by atoms with Gasteiger partial charge in [0.2, 0.25) is 0 Å². The standard InChI is InChI=1S/C15H18N2O2.ClH/c1-12-7-10-19-14(12)15(18)17(9-8-16)11-13-5-3-2-4-6-13;/h2-7,10H,8-9,11,16H2,1H3;1H. The summed E-state index contributed by atoms with van der Waals surface area (Å²) in [5, 5.41) is 0. The molecule has 1 aromatic heterocycles. The lowest BCUT2D eigenvalue weighted by Gasteiger charge is -2.21. The van der Waals surface area contributed by atoms with Crippen molar-refractivity contribution in [3.8, 4) is 0 Å². The number of hydrogen-bond acceptors (Lipinski definition) is 3. The largest absolute Gasteiger partial charge is 0.459 e. The molecule has 0 unspecified atom stereocenters. The minimum atomic E-state index is -0.114. The van der Waals surface area contributed by atoms with E-state index in [9.17, 15) is 4.79 Å². The molecule has 0 saturated carbocycles. The van der Waals surface area contributed by atoms with Gasteiger partial charge in [-0.2, -0.15) is 0 Å². The highest BCUT2D eigenvalue weighted by atomic mass is 35.5. The lowest BCUT2D eigenvalue weighted by Crippen LogP contribution is -2.35. The summed E-state index contributed by atoms with van der Waals surface area (Å²) in [4.78, 5) is 14.1. The van der Waals surface area contributed by atoms with E-state index in [0.717, 1.165) is 11.1 Å². The molecule has 5 heteroatoms. The van der Waals surface area contributed by atoms with Gasteiger partial charge in [-0.15, -0.1) is 12.4 Å². The zero-order chi connectivity index (χ0) is 13.7. The fourth-order valence-electron chi connectivity index (χ4n) is 1.95. The number of amides is 1. The van der Waals surface area contributed by atoms with Crippen LogP contribution in [0.1, 0.15) is 21.7 Å². The zero-order valence-electron chi connectivity index (χ0n) is 11.4. The quantitative estimate of drug-likeness (QED) is 0.922. The summed E-state index contributed by atoms with van der Waals surface area (Å²) in [7, 11) is 0. The molecule has 0 fully saturated rings. The Morgan fingerprint density at radius 1 is 1.25 bits per heavy atom. The van der Waals surface area contributed by atoms with Crippen LogP contribution in [0.3, 0.4) is 0 Å². The monoisotopic (exact) mass is 294 g/mol. The van der Waals surface area contributed by atoms with Gasteiger partial charge in [0.1, 0.15) is 0 Å². The second-order valence-electron chi connectivity index (χ2n) is 4.43. The summed E-state index contributed by atoms with van der Waals surface area (Å²) in [6, 6.07) is 11.6. The van der Waals surface area contributed by atoms with E-state index < -0.39 is 0 Å². The molecule has 2 rings (SSSR count). The molecule has 1 amide bonds. The first-order valence-corrected chi connectivity index (χ1v) is 6.29. The summed E-state index contributed by atoms with van der Waals surface area (Å²) in [5.74, 6) is 0.279. The predicted octanol–water partition coefficient (Wildman–Crippen LogP) is 2.61. The maximum atomic E-state index is 12.4. The third kappa shape index (κ3) is 3.85. The second kappa shape index (κ2) is 7.72. The molecule has 0 radical (unpaired) electrons. The van der Waals surface area contributed by atoms with Gasteiger partial charge < -0.3 is 15.1 Å². The highest BCUT2D eigenvalue weighted by Crippen LogP contribution is 2.14. The van der Waals surface area contributed by atoms with E-state index in [4.69, 9.17) is 10.2 Å². The molecule has 1 aromatic carbocycles. The van der Waals surface area contributed by atoms with E-state index in [2.05, 4.69) is 0 Å². The maximum Gasteiger partial charge on any atom is 0.290 e. The van der Waals surface area contributed by atoms with Crippen molar-refractivity contribution in [1.82, 2.24) is 4.90 Å². The Morgan fingerprint density at radius 3 is 2.50 bits per heavy atom. The number of carbonyl (C=O) groups is 1. The summed E-state index contributed by atoms with van der Waals surface area (Å²) >= 11 is 0. The number of benzene rings is 1. The van der Waals surface area contributed by atoms with E-state index in [1.807, 2.05) is 37.3 Å². The number of rotatable bonds is 5. The van der Waals surface area contributed by atoms with Gasteiger partial charge in [-0.1, -0.05) is 30.3 Å². The Morgan fingerprint density at radius 2 is 1.95 bits per heavy atom. The van der Waals surface area contributed by atoms with Gasteiger partial charge in [0.15, 0.2) is 5.76 Å². The van der Waals surface area contributed by atoms with Gasteiger partial charge in [0.05, 0.1) is 6.26 Å². The molecule has 2 N–H and O–H groups in total. The third-order valence-corrected chi connectivity index (χ3v) is 2.96. The van der Waals surface area contributed by atoms with Crippen LogP contribution in [0.15, 0.2) is 47.1 Å². The van der Waals surface area contributed by atoms with Crippen molar-refractivity contribution in [3.05, 3.63) is 59.5 Å². The summed E-state index contributed by atoms with van der Waals surface area (Å²) in [5.41, 5.74) is 7.51. The number of aryl methyl sites for hydroxylation is 1. The van der Waals surface area contributed by atoms with E-state index in [1.54, 1.807) is 11.0 Å². The van der Waals surface area contributed by atoms with Crippen molar-refractivity contribution in [2.24, 2.45) is 5.73 Å².